The van der Waals surface area contributed by atoms with Crippen molar-refractivity contribution in [3.05, 3.63) is 52.9 Å². The van der Waals surface area contributed by atoms with Crippen LogP contribution in [0.1, 0.15) is 23.0 Å². The van der Waals surface area contributed by atoms with Crippen molar-refractivity contribution in [1.82, 2.24) is 10.3 Å². The highest BCUT2D eigenvalue weighted by Crippen LogP contribution is 2.34. The highest BCUT2D eigenvalue weighted by atomic mass is 32.2. The van der Waals surface area contributed by atoms with Crippen molar-refractivity contribution in [2.24, 2.45) is 0 Å². The Balaban J connectivity index is 1.82. The number of hydrogen-bond donors (Lipinski definition) is 2. The van der Waals surface area contributed by atoms with Gasteiger partial charge in [-0.15, -0.1) is 0 Å². The quantitative estimate of drug-likeness (QED) is 0.394. The maximum absolute atomic E-state index is 11.8. The van der Waals surface area contributed by atoms with E-state index in [0.717, 1.165) is 5.39 Å². The number of furan rings is 1. The number of fused-ring (bicyclic) bond motifs is 1. The van der Waals surface area contributed by atoms with Crippen molar-refractivity contribution in [2.75, 3.05) is 0 Å². The first-order valence-electron chi connectivity index (χ1n) is 7.89. The molecular formula is C19H12N2O4S2. The van der Waals surface area contributed by atoms with Crippen molar-refractivity contribution < 1.29 is 19.1 Å². The Kier molecular flexibility index (Phi) is 4.29. The second-order valence-electron chi connectivity index (χ2n) is 5.89. The number of phenols is 1. The summed E-state index contributed by atoms with van der Waals surface area (Å²) in [5.74, 6) is -0.0725. The normalized spacial score (nSPS) is 15.5. The Morgan fingerprint density at radius 3 is 2.85 bits per heavy atom. The van der Waals surface area contributed by atoms with Crippen molar-refractivity contribution in [3.63, 3.8) is 0 Å². The zero-order valence-corrected chi connectivity index (χ0v) is 15.6. The molecule has 3 aromatic rings. The van der Waals surface area contributed by atoms with E-state index >= 15 is 0 Å². The van der Waals surface area contributed by atoms with E-state index in [-0.39, 0.29) is 23.0 Å². The van der Waals surface area contributed by atoms with E-state index in [1.165, 1.54) is 24.8 Å². The van der Waals surface area contributed by atoms with Crippen LogP contribution in [0.3, 0.4) is 0 Å². The average molecular weight is 396 g/mol. The maximum Gasteiger partial charge on any atom is 0.263 e. The fourth-order valence-corrected chi connectivity index (χ4v) is 3.82. The third-order valence-corrected chi connectivity index (χ3v) is 5.21. The number of pyridine rings is 1. The van der Waals surface area contributed by atoms with Crippen LogP contribution in [0.5, 0.6) is 5.75 Å². The number of aromatic nitrogens is 1. The molecule has 1 saturated heterocycles. The molecule has 1 aliphatic rings. The molecule has 1 fully saturated rings. The summed E-state index contributed by atoms with van der Waals surface area (Å²) in [4.78, 5) is 28.2. The van der Waals surface area contributed by atoms with Crippen LogP contribution in [0.25, 0.3) is 28.2 Å². The fourth-order valence-electron chi connectivity index (χ4n) is 2.79. The van der Waals surface area contributed by atoms with Gasteiger partial charge in [-0.3, -0.25) is 14.6 Å². The minimum absolute atomic E-state index is 0.0727. The monoisotopic (exact) mass is 396 g/mol. The van der Waals surface area contributed by atoms with Gasteiger partial charge in [0.15, 0.2) is 5.78 Å². The summed E-state index contributed by atoms with van der Waals surface area (Å²) < 4.78 is 6.34. The van der Waals surface area contributed by atoms with Crippen LogP contribution >= 0.6 is 24.0 Å². The van der Waals surface area contributed by atoms with Gasteiger partial charge in [0, 0.05) is 29.4 Å². The number of carbonyl (C=O) groups is 2. The summed E-state index contributed by atoms with van der Waals surface area (Å²) in [5, 5.41) is 13.2. The summed E-state index contributed by atoms with van der Waals surface area (Å²) in [6.45, 7) is 1.39. The molecule has 134 valence electrons. The van der Waals surface area contributed by atoms with Crippen molar-refractivity contribution >= 4 is 57.0 Å². The lowest BCUT2D eigenvalue weighted by molar-refractivity contribution is -0.115. The number of benzene rings is 1. The SMILES string of the molecule is CC(=O)c1cc(-c2cncc3cc(/C=C4/SC(=S)NC4=O)oc23)ccc1O. The molecule has 0 unspecified atom stereocenters. The number of rotatable bonds is 3. The topological polar surface area (TPSA) is 92.4 Å². The summed E-state index contributed by atoms with van der Waals surface area (Å²) in [5.41, 5.74) is 2.17. The van der Waals surface area contributed by atoms with E-state index in [1.54, 1.807) is 36.7 Å². The van der Waals surface area contributed by atoms with Gasteiger partial charge >= 0.3 is 0 Å². The van der Waals surface area contributed by atoms with E-state index in [0.29, 0.717) is 31.7 Å². The number of nitrogens with one attached hydrogen (secondary N) is 1. The molecule has 0 spiro atoms. The number of ketones is 1. The molecule has 3 heterocycles. The third-order valence-electron chi connectivity index (χ3n) is 4.04. The molecule has 4 rings (SSSR count). The van der Waals surface area contributed by atoms with Crippen LogP contribution in [-0.4, -0.2) is 26.1 Å². The van der Waals surface area contributed by atoms with Gasteiger partial charge in [0.05, 0.1) is 10.5 Å². The van der Waals surface area contributed by atoms with Gasteiger partial charge in [0.25, 0.3) is 5.91 Å². The molecule has 0 bridgehead atoms. The van der Waals surface area contributed by atoms with E-state index in [2.05, 4.69) is 10.3 Å². The summed E-state index contributed by atoms with van der Waals surface area (Å²) in [7, 11) is 0. The third kappa shape index (κ3) is 3.24. The number of thiocarbonyl (C=S) groups is 1. The highest BCUT2D eigenvalue weighted by molar-refractivity contribution is 8.26. The van der Waals surface area contributed by atoms with Gasteiger partial charge in [-0.25, -0.2) is 0 Å². The largest absolute Gasteiger partial charge is 0.507 e. The molecule has 6 nitrogen and oxygen atoms in total. The van der Waals surface area contributed by atoms with Crippen LogP contribution in [-0.2, 0) is 4.79 Å². The number of thioether (sulfide) groups is 1. The second-order valence-corrected chi connectivity index (χ2v) is 7.61. The van der Waals surface area contributed by atoms with Gasteiger partial charge < -0.3 is 14.8 Å². The summed E-state index contributed by atoms with van der Waals surface area (Å²) >= 11 is 6.16. The average Bonchev–Trinajstić information content (AvgIpc) is 3.17. The van der Waals surface area contributed by atoms with E-state index in [4.69, 9.17) is 16.6 Å². The van der Waals surface area contributed by atoms with Crippen LogP contribution in [0.4, 0.5) is 0 Å². The Morgan fingerprint density at radius 1 is 1.33 bits per heavy atom. The Labute approximate surface area is 163 Å². The van der Waals surface area contributed by atoms with Crippen LogP contribution in [0.2, 0.25) is 0 Å². The Hall–Kier alpha value is -2.97. The van der Waals surface area contributed by atoms with Crippen LogP contribution in [0, 0.1) is 0 Å². The molecule has 8 heteroatoms. The van der Waals surface area contributed by atoms with Crippen LogP contribution < -0.4 is 5.32 Å². The van der Waals surface area contributed by atoms with Gasteiger partial charge in [0.1, 0.15) is 21.4 Å². The zero-order valence-electron chi connectivity index (χ0n) is 14.0. The minimum Gasteiger partial charge on any atom is -0.507 e. The van der Waals surface area contributed by atoms with Crippen LogP contribution in [0.15, 0.2) is 46.0 Å². The first kappa shape index (κ1) is 17.4. The van der Waals surface area contributed by atoms with Gasteiger partial charge in [-0.1, -0.05) is 30.0 Å². The van der Waals surface area contributed by atoms with E-state index < -0.39 is 0 Å². The number of hydrogen-bond acceptors (Lipinski definition) is 7. The lowest BCUT2D eigenvalue weighted by Crippen LogP contribution is -2.17. The predicted molar refractivity (Wildman–Crippen MR) is 107 cm³/mol. The smallest absolute Gasteiger partial charge is 0.263 e. The first-order valence-corrected chi connectivity index (χ1v) is 9.11. The number of Topliss-reactive ketones (excluding diaryl/α,β-unsaturated/α-hetero) is 1. The van der Waals surface area contributed by atoms with E-state index in [1.807, 2.05) is 0 Å². The highest BCUT2D eigenvalue weighted by Gasteiger charge is 2.23. The molecular weight excluding hydrogens is 384 g/mol. The molecule has 1 amide bonds. The number of phenolic OH excluding ortho intramolecular Hbond substituents is 1. The van der Waals surface area contributed by atoms with Crippen molar-refractivity contribution in [2.45, 2.75) is 6.92 Å². The first-order chi connectivity index (χ1) is 12.9. The van der Waals surface area contributed by atoms with Crippen molar-refractivity contribution in [3.8, 4) is 16.9 Å². The van der Waals surface area contributed by atoms with Gasteiger partial charge in [0.2, 0.25) is 0 Å². The molecule has 0 saturated carbocycles. The standard InChI is InChI=1S/C19H12N2O4S2/c1-9(22)13-5-10(2-3-15(13)23)14-8-20-7-11-4-12(25-17(11)14)6-16-18(24)21-19(26)27-16/h2-8,23H,1H3,(H,21,24,26)/b16-6+. The lowest BCUT2D eigenvalue weighted by atomic mass is 10.0. The lowest BCUT2D eigenvalue weighted by Gasteiger charge is -2.06. The molecule has 0 radical (unpaired) electrons. The molecule has 27 heavy (non-hydrogen) atoms. The fraction of sp³-hybridized carbons (Fsp3) is 0.0526. The molecule has 0 atom stereocenters. The number of carbonyl (C=O) groups excluding carboxylic acids is 2. The summed E-state index contributed by atoms with van der Waals surface area (Å²) in [6, 6.07) is 6.54. The zero-order chi connectivity index (χ0) is 19.1. The second kappa shape index (κ2) is 6.64. The number of amides is 1. The molecule has 2 N–H and O–H groups in total. The maximum atomic E-state index is 11.8. The molecule has 1 aliphatic heterocycles. The molecule has 2 aromatic heterocycles. The summed E-state index contributed by atoms with van der Waals surface area (Å²) in [6.07, 6.45) is 4.91. The van der Waals surface area contributed by atoms with E-state index in [9.17, 15) is 14.7 Å². The molecule has 0 aliphatic carbocycles. The van der Waals surface area contributed by atoms with Gasteiger partial charge in [-0.2, -0.15) is 0 Å². The van der Waals surface area contributed by atoms with Gasteiger partial charge in [-0.05, 0) is 30.7 Å². The Morgan fingerprint density at radius 2 is 2.15 bits per heavy atom. The van der Waals surface area contributed by atoms with Crippen molar-refractivity contribution in [1.29, 1.82) is 0 Å². The predicted octanol–water partition coefficient (Wildman–Crippen LogP) is 3.89. The molecule has 1 aromatic carbocycles. The Bertz CT molecular complexity index is 1160. The number of aromatic hydroxyl groups is 1. The minimum atomic E-state index is -0.256. The number of nitrogens with zero attached hydrogens (tertiary/aromatic N) is 1.